The van der Waals surface area contributed by atoms with Crippen molar-refractivity contribution in [1.82, 2.24) is 15.5 Å². The molecule has 112 valence electrons. The highest BCUT2D eigenvalue weighted by Gasteiger charge is 2.35. The Morgan fingerprint density at radius 2 is 2.24 bits per heavy atom. The molecule has 2 fully saturated rings. The van der Waals surface area contributed by atoms with Crippen LogP contribution < -0.4 is 10.6 Å². The van der Waals surface area contributed by atoms with Crippen LogP contribution in [-0.4, -0.2) is 42.4 Å². The summed E-state index contributed by atoms with van der Waals surface area (Å²) in [6.45, 7) is 2.11. The molecule has 2 atom stereocenters. The van der Waals surface area contributed by atoms with Gasteiger partial charge in [-0.25, -0.2) is 0 Å². The Morgan fingerprint density at radius 1 is 1.38 bits per heavy atom. The Bertz CT molecular complexity index is 564. The number of benzene rings is 1. The van der Waals surface area contributed by atoms with Gasteiger partial charge in [0, 0.05) is 31.1 Å². The van der Waals surface area contributed by atoms with Gasteiger partial charge >= 0.3 is 0 Å². The lowest BCUT2D eigenvalue weighted by molar-refractivity contribution is -0.137. The minimum absolute atomic E-state index is 0.00678. The molecule has 0 aromatic heterocycles. The number of hydrogen-bond acceptors (Lipinski definition) is 3. The number of nitrogens with one attached hydrogen (secondary N) is 2. The summed E-state index contributed by atoms with van der Waals surface area (Å²) in [6, 6.07) is 7.18. The highest BCUT2D eigenvalue weighted by atomic mass is 35.5. The molecule has 2 heterocycles. The Morgan fingerprint density at radius 3 is 2.95 bits per heavy atom. The highest BCUT2D eigenvalue weighted by Crippen LogP contribution is 2.26. The first kappa shape index (κ1) is 14.4. The maximum absolute atomic E-state index is 12.7. The van der Waals surface area contributed by atoms with Crippen LogP contribution in [0.5, 0.6) is 0 Å². The van der Waals surface area contributed by atoms with Gasteiger partial charge in [-0.05, 0) is 24.1 Å². The lowest BCUT2D eigenvalue weighted by Gasteiger charge is -2.38. The summed E-state index contributed by atoms with van der Waals surface area (Å²) in [5.74, 6) is -0.0323. The van der Waals surface area contributed by atoms with Crippen LogP contribution in [0.4, 0.5) is 0 Å². The molecule has 1 aromatic rings. The summed E-state index contributed by atoms with van der Waals surface area (Å²) in [5, 5.41) is 6.74. The van der Waals surface area contributed by atoms with Crippen molar-refractivity contribution in [2.24, 2.45) is 0 Å². The second-order valence-corrected chi connectivity index (χ2v) is 5.90. The first-order valence-corrected chi connectivity index (χ1v) is 7.59. The van der Waals surface area contributed by atoms with E-state index in [9.17, 15) is 9.59 Å². The van der Waals surface area contributed by atoms with Gasteiger partial charge in [0.1, 0.15) is 6.04 Å². The molecule has 21 heavy (non-hydrogen) atoms. The minimum Gasteiger partial charge on any atom is -0.344 e. The number of halogens is 1. The Hall–Kier alpha value is -1.59. The predicted molar refractivity (Wildman–Crippen MR) is 79.9 cm³/mol. The molecule has 2 amide bonds. The fourth-order valence-electron chi connectivity index (χ4n) is 2.98. The highest BCUT2D eigenvalue weighted by molar-refractivity contribution is 6.30. The van der Waals surface area contributed by atoms with Gasteiger partial charge in [-0.3, -0.25) is 9.59 Å². The largest absolute Gasteiger partial charge is 0.344 e. The van der Waals surface area contributed by atoms with Crippen molar-refractivity contribution in [2.45, 2.75) is 24.9 Å². The van der Waals surface area contributed by atoms with Crippen LogP contribution in [-0.2, 0) is 9.59 Å². The van der Waals surface area contributed by atoms with Crippen molar-refractivity contribution in [1.29, 1.82) is 0 Å². The van der Waals surface area contributed by atoms with E-state index in [0.29, 0.717) is 31.0 Å². The van der Waals surface area contributed by atoms with Gasteiger partial charge < -0.3 is 15.5 Å². The molecule has 2 N–H and O–H groups in total. The third-order valence-corrected chi connectivity index (χ3v) is 4.29. The average molecular weight is 308 g/mol. The molecule has 0 aliphatic carbocycles. The van der Waals surface area contributed by atoms with Crippen LogP contribution in [0.3, 0.4) is 0 Å². The van der Waals surface area contributed by atoms with E-state index in [2.05, 4.69) is 10.6 Å². The fraction of sp³-hybridized carbons (Fsp3) is 0.467. The third-order valence-electron chi connectivity index (χ3n) is 4.05. The monoisotopic (exact) mass is 307 g/mol. The number of rotatable bonds is 2. The summed E-state index contributed by atoms with van der Waals surface area (Å²) >= 11 is 6.06. The number of hydrogen-bond donors (Lipinski definition) is 2. The molecular weight excluding hydrogens is 290 g/mol. The van der Waals surface area contributed by atoms with Crippen LogP contribution in [0, 0.1) is 0 Å². The standard InChI is InChI=1S/C15H18ClN3O2/c16-11-3-1-2-10(8-11)13-9-17-6-7-19(13)15(21)12-4-5-14(20)18-12/h1-3,8,12-13,17H,4-7,9H2,(H,18,20)/t12-,13?/m1/s1. The van der Waals surface area contributed by atoms with Gasteiger partial charge in [0.2, 0.25) is 11.8 Å². The van der Waals surface area contributed by atoms with Crippen LogP contribution in [0.25, 0.3) is 0 Å². The van der Waals surface area contributed by atoms with Crippen molar-refractivity contribution in [3.05, 3.63) is 34.9 Å². The van der Waals surface area contributed by atoms with Crippen molar-refractivity contribution in [2.75, 3.05) is 19.6 Å². The van der Waals surface area contributed by atoms with Crippen molar-refractivity contribution < 1.29 is 9.59 Å². The minimum atomic E-state index is -0.378. The maximum Gasteiger partial charge on any atom is 0.245 e. The maximum atomic E-state index is 12.7. The van der Waals surface area contributed by atoms with E-state index < -0.39 is 0 Å². The van der Waals surface area contributed by atoms with Crippen molar-refractivity contribution in [3.8, 4) is 0 Å². The molecule has 6 heteroatoms. The number of piperazine rings is 1. The number of nitrogens with zero attached hydrogens (tertiary/aromatic N) is 1. The fourth-order valence-corrected chi connectivity index (χ4v) is 3.18. The van der Waals surface area contributed by atoms with E-state index in [1.807, 2.05) is 29.2 Å². The van der Waals surface area contributed by atoms with Crippen molar-refractivity contribution in [3.63, 3.8) is 0 Å². The molecule has 2 aliphatic rings. The second-order valence-electron chi connectivity index (χ2n) is 5.47. The molecular formula is C15H18ClN3O2. The van der Waals surface area contributed by atoms with Gasteiger partial charge in [-0.15, -0.1) is 0 Å². The summed E-state index contributed by atoms with van der Waals surface area (Å²) in [4.78, 5) is 25.8. The van der Waals surface area contributed by atoms with E-state index in [-0.39, 0.29) is 23.9 Å². The SMILES string of the molecule is O=C1CC[C@H](C(=O)N2CCNCC2c2cccc(Cl)c2)N1. The Kier molecular flexibility index (Phi) is 4.12. The van der Waals surface area contributed by atoms with E-state index in [0.717, 1.165) is 12.1 Å². The first-order valence-electron chi connectivity index (χ1n) is 7.21. The Labute approximate surface area is 128 Å². The van der Waals surface area contributed by atoms with Crippen LogP contribution in [0.2, 0.25) is 5.02 Å². The first-order chi connectivity index (χ1) is 10.1. The van der Waals surface area contributed by atoms with E-state index in [4.69, 9.17) is 11.6 Å². The molecule has 2 saturated heterocycles. The van der Waals surface area contributed by atoms with Gasteiger partial charge in [-0.2, -0.15) is 0 Å². The summed E-state index contributed by atoms with van der Waals surface area (Å²) in [6.07, 6.45) is 1.02. The van der Waals surface area contributed by atoms with E-state index in [1.165, 1.54) is 0 Å². The third kappa shape index (κ3) is 3.04. The molecule has 0 bridgehead atoms. The van der Waals surface area contributed by atoms with Crippen LogP contribution in [0.1, 0.15) is 24.4 Å². The molecule has 0 spiro atoms. The Balaban J connectivity index is 1.81. The quantitative estimate of drug-likeness (QED) is 0.860. The number of amides is 2. The van der Waals surface area contributed by atoms with E-state index in [1.54, 1.807) is 0 Å². The molecule has 0 radical (unpaired) electrons. The smallest absolute Gasteiger partial charge is 0.245 e. The van der Waals surface area contributed by atoms with Gasteiger partial charge in [0.15, 0.2) is 0 Å². The van der Waals surface area contributed by atoms with Gasteiger partial charge in [-0.1, -0.05) is 23.7 Å². The van der Waals surface area contributed by atoms with Gasteiger partial charge in [0.25, 0.3) is 0 Å². The predicted octanol–water partition coefficient (Wildman–Crippen LogP) is 1.09. The van der Waals surface area contributed by atoms with Gasteiger partial charge in [0.05, 0.1) is 6.04 Å². The zero-order chi connectivity index (χ0) is 14.8. The number of carbonyl (C=O) groups excluding carboxylic acids is 2. The summed E-state index contributed by atoms with van der Waals surface area (Å²) < 4.78 is 0. The topological polar surface area (TPSA) is 61.4 Å². The molecule has 5 nitrogen and oxygen atoms in total. The van der Waals surface area contributed by atoms with E-state index >= 15 is 0 Å². The molecule has 1 aromatic carbocycles. The molecule has 1 unspecified atom stereocenters. The average Bonchev–Trinajstić information content (AvgIpc) is 2.93. The van der Waals surface area contributed by atoms with Crippen LogP contribution >= 0.6 is 11.6 Å². The van der Waals surface area contributed by atoms with Crippen LogP contribution in [0.15, 0.2) is 24.3 Å². The molecule has 0 saturated carbocycles. The lowest BCUT2D eigenvalue weighted by atomic mass is 10.0. The van der Waals surface area contributed by atoms with Crippen molar-refractivity contribution >= 4 is 23.4 Å². The zero-order valence-electron chi connectivity index (χ0n) is 11.6. The normalized spacial score (nSPS) is 25.8. The summed E-state index contributed by atoms with van der Waals surface area (Å²) in [7, 11) is 0. The molecule has 2 aliphatic heterocycles. The molecule has 3 rings (SSSR count). The zero-order valence-corrected chi connectivity index (χ0v) is 12.4. The lowest BCUT2D eigenvalue weighted by Crippen LogP contribution is -2.53. The number of carbonyl (C=O) groups is 2. The second kappa shape index (κ2) is 6.03. The summed E-state index contributed by atoms with van der Waals surface area (Å²) in [5.41, 5.74) is 1.02.